The molecule has 0 radical (unpaired) electrons. The van der Waals surface area contributed by atoms with Crippen molar-refractivity contribution in [2.45, 2.75) is 31.3 Å². The number of rotatable bonds is 5. The molecule has 3 aromatic heterocycles. The molecular formula is C19H18ClN5S. The van der Waals surface area contributed by atoms with E-state index in [9.17, 15) is 0 Å². The number of imidazole rings is 1. The van der Waals surface area contributed by atoms with Crippen LogP contribution in [0, 0.1) is 6.92 Å². The highest BCUT2D eigenvalue weighted by molar-refractivity contribution is 7.98. The van der Waals surface area contributed by atoms with Gasteiger partial charge < -0.3 is 8.97 Å². The van der Waals surface area contributed by atoms with Crippen LogP contribution in [0.3, 0.4) is 0 Å². The largest absolute Gasteiger partial charge is 0.307 e. The van der Waals surface area contributed by atoms with Crippen LogP contribution in [-0.4, -0.2) is 24.1 Å². The summed E-state index contributed by atoms with van der Waals surface area (Å²) in [5, 5.41) is 10.4. The standard InChI is InChI=1S/C19H18ClN5S/c1-3-25-18(14-5-7-15(20)8-6-14)22-23-19(25)26-12-16-11-24-10-13(2)4-9-17(24)21-16/h4-11H,3,12H2,1-2H3. The minimum Gasteiger partial charge on any atom is -0.307 e. The maximum atomic E-state index is 5.98. The van der Waals surface area contributed by atoms with Crippen molar-refractivity contribution in [3.8, 4) is 11.4 Å². The van der Waals surface area contributed by atoms with Gasteiger partial charge in [0.1, 0.15) is 5.65 Å². The lowest BCUT2D eigenvalue weighted by Crippen LogP contribution is -1.99. The first-order chi connectivity index (χ1) is 12.6. The molecule has 0 aliphatic rings. The van der Waals surface area contributed by atoms with Crippen molar-refractivity contribution < 1.29 is 0 Å². The van der Waals surface area contributed by atoms with Gasteiger partial charge in [-0.05, 0) is 49.7 Å². The first kappa shape index (κ1) is 17.1. The summed E-state index contributed by atoms with van der Waals surface area (Å²) in [4.78, 5) is 4.67. The van der Waals surface area contributed by atoms with Crippen molar-refractivity contribution in [3.63, 3.8) is 0 Å². The second-order valence-corrected chi connectivity index (χ2v) is 7.43. The number of benzene rings is 1. The summed E-state index contributed by atoms with van der Waals surface area (Å²) >= 11 is 7.63. The number of pyridine rings is 1. The highest BCUT2D eigenvalue weighted by Crippen LogP contribution is 2.27. The summed E-state index contributed by atoms with van der Waals surface area (Å²) < 4.78 is 4.18. The normalized spacial score (nSPS) is 11.3. The maximum Gasteiger partial charge on any atom is 0.191 e. The zero-order valence-electron chi connectivity index (χ0n) is 14.6. The monoisotopic (exact) mass is 383 g/mol. The number of nitrogens with zero attached hydrogens (tertiary/aromatic N) is 5. The highest BCUT2D eigenvalue weighted by atomic mass is 35.5. The summed E-state index contributed by atoms with van der Waals surface area (Å²) in [5.41, 5.74) is 4.22. The zero-order chi connectivity index (χ0) is 18.1. The summed E-state index contributed by atoms with van der Waals surface area (Å²) in [5.74, 6) is 1.61. The Balaban J connectivity index is 1.57. The SMILES string of the molecule is CCn1c(SCc2cn3cc(C)ccc3n2)nnc1-c1ccc(Cl)cc1. The fourth-order valence-electron chi connectivity index (χ4n) is 2.86. The van der Waals surface area contributed by atoms with Crippen molar-refractivity contribution >= 4 is 29.0 Å². The molecule has 4 aromatic rings. The average molecular weight is 384 g/mol. The van der Waals surface area contributed by atoms with E-state index in [0.29, 0.717) is 5.02 Å². The molecule has 7 heteroatoms. The van der Waals surface area contributed by atoms with Gasteiger partial charge in [-0.2, -0.15) is 0 Å². The Morgan fingerprint density at radius 2 is 1.85 bits per heavy atom. The van der Waals surface area contributed by atoms with Crippen LogP contribution < -0.4 is 0 Å². The summed E-state index contributed by atoms with van der Waals surface area (Å²) in [7, 11) is 0. The Hall–Kier alpha value is -2.31. The minimum atomic E-state index is 0.716. The van der Waals surface area contributed by atoms with Gasteiger partial charge >= 0.3 is 0 Å². The van der Waals surface area contributed by atoms with Crippen molar-refractivity contribution in [3.05, 3.63) is 65.1 Å². The van der Waals surface area contributed by atoms with E-state index in [1.54, 1.807) is 11.8 Å². The van der Waals surface area contributed by atoms with E-state index in [-0.39, 0.29) is 0 Å². The molecule has 5 nitrogen and oxygen atoms in total. The third kappa shape index (κ3) is 3.34. The number of halogens is 1. The van der Waals surface area contributed by atoms with Crippen molar-refractivity contribution in [1.82, 2.24) is 24.1 Å². The fraction of sp³-hybridized carbons (Fsp3) is 0.211. The molecule has 0 saturated carbocycles. The molecule has 4 rings (SSSR count). The zero-order valence-corrected chi connectivity index (χ0v) is 16.1. The van der Waals surface area contributed by atoms with E-state index in [1.165, 1.54) is 5.56 Å². The molecule has 3 heterocycles. The van der Waals surface area contributed by atoms with Crippen LogP contribution in [0.15, 0.2) is 53.9 Å². The van der Waals surface area contributed by atoms with Gasteiger partial charge in [-0.1, -0.05) is 29.4 Å². The molecule has 0 amide bonds. The van der Waals surface area contributed by atoms with Crippen molar-refractivity contribution in [2.75, 3.05) is 0 Å². The Bertz CT molecular complexity index is 1050. The van der Waals surface area contributed by atoms with E-state index in [2.05, 4.69) is 56.5 Å². The molecule has 0 N–H and O–H groups in total. The van der Waals surface area contributed by atoms with Gasteiger partial charge in [-0.3, -0.25) is 0 Å². The Morgan fingerprint density at radius 3 is 2.62 bits per heavy atom. The third-order valence-corrected chi connectivity index (χ3v) is 5.39. The van der Waals surface area contributed by atoms with Crippen LogP contribution in [0.25, 0.3) is 17.0 Å². The van der Waals surface area contributed by atoms with Gasteiger partial charge in [-0.25, -0.2) is 4.98 Å². The lowest BCUT2D eigenvalue weighted by molar-refractivity contribution is 0.687. The van der Waals surface area contributed by atoms with Gasteiger partial charge in [0, 0.05) is 35.3 Å². The molecule has 0 atom stereocenters. The molecule has 0 fully saturated rings. The second-order valence-electron chi connectivity index (χ2n) is 6.05. The molecule has 0 aliphatic carbocycles. The maximum absolute atomic E-state index is 5.98. The molecule has 26 heavy (non-hydrogen) atoms. The predicted octanol–water partition coefficient (Wildman–Crippen LogP) is 4.87. The number of aryl methyl sites for hydroxylation is 1. The summed E-state index contributed by atoms with van der Waals surface area (Å²) in [6.07, 6.45) is 4.16. The second kappa shape index (κ2) is 7.13. The molecule has 0 bridgehead atoms. The van der Waals surface area contributed by atoms with Crippen molar-refractivity contribution in [2.24, 2.45) is 0 Å². The Labute approximate surface area is 161 Å². The Morgan fingerprint density at radius 1 is 1.04 bits per heavy atom. The lowest BCUT2D eigenvalue weighted by Gasteiger charge is -2.06. The lowest BCUT2D eigenvalue weighted by atomic mass is 10.2. The molecule has 0 saturated heterocycles. The molecule has 0 aliphatic heterocycles. The molecule has 132 valence electrons. The van der Waals surface area contributed by atoms with Crippen LogP contribution >= 0.6 is 23.4 Å². The van der Waals surface area contributed by atoms with Gasteiger partial charge in [0.15, 0.2) is 11.0 Å². The number of hydrogen-bond acceptors (Lipinski definition) is 4. The fourth-order valence-corrected chi connectivity index (χ4v) is 3.87. The van der Waals surface area contributed by atoms with Gasteiger partial charge in [-0.15, -0.1) is 10.2 Å². The van der Waals surface area contributed by atoms with Crippen LogP contribution in [0.2, 0.25) is 5.02 Å². The van der Waals surface area contributed by atoms with Crippen LogP contribution in [-0.2, 0) is 12.3 Å². The minimum absolute atomic E-state index is 0.716. The molecule has 0 unspecified atom stereocenters. The van der Waals surface area contributed by atoms with Crippen LogP contribution in [0.4, 0.5) is 0 Å². The molecule has 1 aromatic carbocycles. The topological polar surface area (TPSA) is 48.0 Å². The molecular weight excluding hydrogens is 366 g/mol. The smallest absolute Gasteiger partial charge is 0.191 e. The van der Waals surface area contributed by atoms with Crippen molar-refractivity contribution in [1.29, 1.82) is 0 Å². The van der Waals surface area contributed by atoms with Gasteiger partial charge in [0.2, 0.25) is 0 Å². The first-order valence-electron chi connectivity index (χ1n) is 8.40. The number of aromatic nitrogens is 5. The molecule has 0 spiro atoms. The van der Waals surface area contributed by atoms with Crippen LogP contribution in [0.1, 0.15) is 18.2 Å². The average Bonchev–Trinajstić information content (AvgIpc) is 3.23. The van der Waals surface area contributed by atoms with E-state index < -0.39 is 0 Å². The highest BCUT2D eigenvalue weighted by Gasteiger charge is 2.14. The van der Waals surface area contributed by atoms with E-state index in [1.807, 2.05) is 30.3 Å². The first-order valence-corrected chi connectivity index (χ1v) is 9.76. The number of hydrogen-bond donors (Lipinski definition) is 0. The van der Waals surface area contributed by atoms with Gasteiger partial charge in [0.25, 0.3) is 0 Å². The van der Waals surface area contributed by atoms with Gasteiger partial charge in [0.05, 0.1) is 5.69 Å². The third-order valence-electron chi connectivity index (χ3n) is 4.13. The summed E-state index contributed by atoms with van der Waals surface area (Å²) in [6.45, 7) is 4.98. The van der Waals surface area contributed by atoms with E-state index in [4.69, 9.17) is 11.6 Å². The summed E-state index contributed by atoms with van der Waals surface area (Å²) in [6, 6.07) is 11.8. The van der Waals surface area contributed by atoms with E-state index in [0.717, 1.165) is 40.2 Å². The van der Waals surface area contributed by atoms with Crippen LogP contribution in [0.5, 0.6) is 0 Å². The van der Waals surface area contributed by atoms with E-state index >= 15 is 0 Å². The number of fused-ring (bicyclic) bond motifs is 1. The predicted molar refractivity (Wildman–Crippen MR) is 106 cm³/mol. The quantitative estimate of drug-likeness (QED) is 0.461. The Kier molecular flexibility index (Phi) is 4.70. The number of thioether (sulfide) groups is 1.